The first-order valence-electron chi connectivity index (χ1n) is 6.32. The van der Waals surface area contributed by atoms with Crippen LogP contribution in [-0.4, -0.2) is 18.1 Å². The molecule has 0 aliphatic rings. The minimum atomic E-state index is 0.0907. The molecule has 1 unspecified atom stereocenters. The highest BCUT2D eigenvalue weighted by molar-refractivity contribution is 7.09. The Morgan fingerprint density at radius 3 is 2.85 bits per heavy atom. The van der Waals surface area contributed by atoms with Crippen molar-refractivity contribution in [1.29, 1.82) is 0 Å². The fourth-order valence-electron chi connectivity index (χ4n) is 2.07. The molecule has 6 heteroatoms. The molecular weight excluding hydrogens is 294 g/mol. The second-order valence-corrected chi connectivity index (χ2v) is 5.99. The lowest BCUT2D eigenvalue weighted by molar-refractivity contribution is 0.404. The van der Waals surface area contributed by atoms with Crippen molar-refractivity contribution < 1.29 is 4.74 Å². The minimum absolute atomic E-state index is 0.0907. The van der Waals surface area contributed by atoms with E-state index < -0.39 is 0 Å². The van der Waals surface area contributed by atoms with Crippen LogP contribution >= 0.6 is 22.9 Å². The van der Waals surface area contributed by atoms with Crippen LogP contribution in [0, 0.1) is 6.92 Å². The predicted molar refractivity (Wildman–Crippen MR) is 83.4 cm³/mol. The highest BCUT2D eigenvalue weighted by Gasteiger charge is 2.14. The van der Waals surface area contributed by atoms with Gasteiger partial charge in [-0.2, -0.15) is 0 Å². The zero-order valence-corrected chi connectivity index (χ0v) is 13.1. The molecule has 0 bridgehead atoms. The fraction of sp³-hybridized carbons (Fsp3) is 0.357. The summed E-state index contributed by atoms with van der Waals surface area (Å²) in [5, 5.41) is 3.82. The van der Waals surface area contributed by atoms with Gasteiger partial charge in [-0.25, -0.2) is 4.98 Å². The number of nitrogens with zero attached hydrogens (tertiary/aromatic N) is 1. The maximum absolute atomic E-state index is 6.05. The molecule has 3 N–H and O–H groups in total. The van der Waals surface area contributed by atoms with Gasteiger partial charge in [0.15, 0.2) is 0 Å². The number of methoxy groups -OCH3 is 1. The number of hydrogen-bond donors (Lipinski definition) is 2. The van der Waals surface area contributed by atoms with Crippen LogP contribution < -0.4 is 16.0 Å². The second kappa shape index (κ2) is 7.04. The predicted octanol–water partition coefficient (Wildman–Crippen LogP) is 2.73. The largest absolute Gasteiger partial charge is 0.496 e. The zero-order valence-electron chi connectivity index (χ0n) is 11.5. The number of rotatable bonds is 6. The van der Waals surface area contributed by atoms with Gasteiger partial charge in [-0.3, -0.25) is 11.3 Å². The summed E-state index contributed by atoms with van der Waals surface area (Å²) < 4.78 is 5.36. The maximum Gasteiger partial charge on any atom is 0.122 e. The van der Waals surface area contributed by atoms with Gasteiger partial charge in [0.25, 0.3) is 0 Å². The van der Waals surface area contributed by atoms with E-state index in [4.69, 9.17) is 22.2 Å². The zero-order chi connectivity index (χ0) is 14.5. The molecule has 1 heterocycles. The maximum atomic E-state index is 6.05. The lowest BCUT2D eigenvalue weighted by Crippen LogP contribution is -2.38. The molecule has 0 radical (unpaired) electrons. The van der Waals surface area contributed by atoms with Crippen LogP contribution in [0.3, 0.4) is 0 Å². The molecule has 0 saturated heterocycles. The van der Waals surface area contributed by atoms with Crippen molar-refractivity contribution in [2.45, 2.75) is 25.8 Å². The van der Waals surface area contributed by atoms with Crippen LogP contribution in [-0.2, 0) is 12.8 Å². The van der Waals surface area contributed by atoms with E-state index in [1.165, 1.54) is 0 Å². The fourth-order valence-corrected chi connectivity index (χ4v) is 3.12. The number of hydrogen-bond acceptors (Lipinski definition) is 5. The van der Waals surface area contributed by atoms with E-state index in [1.807, 2.05) is 30.5 Å². The third-order valence-corrected chi connectivity index (χ3v) is 4.26. The molecule has 0 aliphatic carbocycles. The van der Waals surface area contributed by atoms with E-state index >= 15 is 0 Å². The quantitative estimate of drug-likeness (QED) is 0.636. The van der Waals surface area contributed by atoms with E-state index in [0.29, 0.717) is 5.02 Å². The van der Waals surface area contributed by atoms with Gasteiger partial charge >= 0.3 is 0 Å². The minimum Gasteiger partial charge on any atom is -0.496 e. The highest BCUT2D eigenvalue weighted by atomic mass is 35.5. The number of thiazole rings is 1. The van der Waals surface area contributed by atoms with Crippen molar-refractivity contribution in [2.24, 2.45) is 5.84 Å². The summed E-state index contributed by atoms with van der Waals surface area (Å²) >= 11 is 7.70. The van der Waals surface area contributed by atoms with Crippen LogP contribution in [0.2, 0.25) is 5.02 Å². The van der Waals surface area contributed by atoms with Crippen molar-refractivity contribution in [3.63, 3.8) is 0 Å². The normalized spacial score (nSPS) is 12.4. The molecule has 0 spiro atoms. The van der Waals surface area contributed by atoms with Gasteiger partial charge in [0.2, 0.25) is 0 Å². The van der Waals surface area contributed by atoms with E-state index in [-0.39, 0.29) is 6.04 Å². The van der Waals surface area contributed by atoms with Crippen LogP contribution in [0.4, 0.5) is 0 Å². The number of aromatic nitrogens is 1. The molecular formula is C14H18ClN3OS. The molecule has 108 valence electrons. The first-order valence-corrected chi connectivity index (χ1v) is 7.57. The van der Waals surface area contributed by atoms with Crippen molar-refractivity contribution in [3.8, 4) is 5.75 Å². The second-order valence-electron chi connectivity index (χ2n) is 4.61. The number of ether oxygens (including phenoxy) is 1. The van der Waals surface area contributed by atoms with Crippen LogP contribution in [0.15, 0.2) is 23.6 Å². The Kier molecular flexibility index (Phi) is 5.37. The van der Waals surface area contributed by atoms with Crippen molar-refractivity contribution in [1.82, 2.24) is 10.4 Å². The van der Waals surface area contributed by atoms with E-state index in [9.17, 15) is 0 Å². The molecule has 1 atom stereocenters. The molecule has 0 saturated carbocycles. The van der Waals surface area contributed by atoms with Crippen LogP contribution in [0.25, 0.3) is 0 Å². The molecule has 0 aliphatic heterocycles. The number of nitrogens with two attached hydrogens (primary N) is 1. The first kappa shape index (κ1) is 15.3. The van der Waals surface area contributed by atoms with Gasteiger partial charge in [0, 0.05) is 28.6 Å². The number of hydrazine groups is 1. The van der Waals surface area contributed by atoms with Crippen molar-refractivity contribution >= 4 is 22.9 Å². The van der Waals surface area contributed by atoms with E-state index in [2.05, 4.69) is 10.4 Å². The smallest absolute Gasteiger partial charge is 0.122 e. The molecule has 1 aromatic carbocycles. The molecule has 2 aromatic rings. The number of aryl methyl sites for hydroxylation is 1. The van der Waals surface area contributed by atoms with E-state index in [1.54, 1.807) is 18.4 Å². The molecule has 2 rings (SSSR count). The first-order chi connectivity index (χ1) is 9.62. The number of benzene rings is 1. The van der Waals surface area contributed by atoms with Crippen molar-refractivity contribution in [3.05, 3.63) is 44.9 Å². The standard InChI is InChI=1S/C14H18ClN3OS/c1-9-8-20-14(17-9)7-12(18-16)6-10-5-11(15)3-4-13(10)19-2/h3-5,8,12,18H,6-7,16H2,1-2H3. The Labute approximate surface area is 127 Å². The summed E-state index contributed by atoms with van der Waals surface area (Å²) in [6.07, 6.45) is 1.52. The molecule has 20 heavy (non-hydrogen) atoms. The van der Waals surface area contributed by atoms with Crippen molar-refractivity contribution in [2.75, 3.05) is 7.11 Å². The van der Waals surface area contributed by atoms with Gasteiger partial charge in [-0.15, -0.1) is 11.3 Å². The molecule has 1 aromatic heterocycles. The van der Waals surface area contributed by atoms with Gasteiger partial charge < -0.3 is 4.74 Å². The monoisotopic (exact) mass is 311 g/mol. The van der Waals surface area contributed by atoms with Gasteiger partial charge in [0.05, 0.1) is 12.1 Å². The summed E-state index contributed by atoms with van der Waals surface area (Å²) in [4.78, 5) is 4.47. The molecule has 0 amide bonds. The topological polar surface area (TPSA) is 60.2 Å². The van der Waals surface area contributed by atoms with E-state index in [0.717, 1.165) is 34.9 Å². The summed E-state index contributed by atoms with van der Waals surface area (Å²) in [6.45, 7) is 1.99. The SMILES string of the molecule is COc1ccc(Cl)cc1CC(Cc1nc(C)cs1)NN. The number of nitrogens with one attached hydrogen (secondary N) is 1. The Bertz CT molecular complexity index is 573. The summed E-state index contributed by atoms with van der Waals surface area (Å²) in [5.41, 5.74) is 4.93. The third kappa shape index (κ3) is 3.93. The Morgan fingerprint density at radius 2 is 2.25 bits per heavy atom. The summed E-state index contributed by atoms with van der Waals surface area (Å²) in [7, 11) is 1.65. The molecule has 0 fully saturated rings. The molecule has 4 nitrogen and oxygen atoms in total. The van der Waals surface area contributed by atoms with Crippen LogP contribution in [0.1, 0.15) is 16.3 Å². The average Bonchev–Trinajstić information content (AvgIpc) is 2.83. The van der Waals surface area contributed by atoms with Crippen LogP contribution in [0.5, 0.6) is 5.75 Å². The average molecular weight is 312 g/mol. The number of halogens is 1. The summed E-state index contributed by atoms with van der Waals surface area (Å²) in [6, 6.07) is 5.70. The summed E-state index contributed by atoms with van der Waals surface area (Å²) in [5.74, 6) is 6.48. The Hall–Kier alpha value is -1.14. The lowest BCUT2D eigenvalue weighted by Gasteiger charge is -2.16. The highest BCUT2D eigenvalue weighted by Crippen LogP contribution is 2.24. The lowest BCUT2D eigenvalue weighted by atomic mass is 10.0. The Balaban J connectivity index is 2.11. The van der Waals surface area contributed by atoms with Gasteiger partial charge in [0.1, 0.15) is 5.75 Å². The third-order valence-electron chi connectivity index (χ3n) is 3.03. The Morgan fingerprint density at radius 1 is 1.45 bits per heavy atom. The van der Waals surface area contributed by atoms with Gasteiger partial charge in [-0.1, -0.05) is 11.6 Å². The van der Waals surface area contributed by atoms with Gasteiger partial charge in [-0.05, 0) is 37.1 Å².